The normalized spacial score (nSPS) is 11.6. The number of alkyl halides is 3. The fraction of sp³-hybridized carbons (Fsp3) is 0.190. The second kappa shape index (κ2) is 8.23. The summed E-state index contributed by atoms with van der Waals surface area (Å²) in [5, 5.41) is 6.01. The third kappa shape index (κ3) is 4.29. The molecular weight excluding hydrogens is 409 g/mol. The predicted molar refractivity (Wildman–Crippen MR) is 112 cm³/mol. The molecule has 0 saturated heterocycles. The van der Waals surface area contributed by atoms with Crippen LogP contribution in [-0.4, -0.2) is 33.7 Å². The number of halogens is 3. The average molecular weight is 428 g/mol. The molecule has 160 valence electrons. The van der Waals surface area contributed by atoms with E-state index in [-0.39, 0.29) is 6.61 Å². The van der Waals surface area contributed by atoms with Crippen LogP contribution in [-0.2, 0) is 17.5 Å². The number of rotatable bonds is 6. The van der Waals surface area contributed by atoms with Crippen molar-refractivity contribution in [1.82, 2.24) is 19.5 Å². The van der Waals surface area contributed by atoms with Crippen LogP contribution in [0.3, 0.4) is 0 Å². The third-order valence-corrected chi connectivity index (χ3v) is 4.56. The van der Waals surface area contributed by atoms with E-state index < -0.39 is 11.7 Å². The van der Waals surface area contributed by atoms with E-state index >= 15 is 0 Å². The van der Waals surface area contributed by atoms with Crippen molar-refractivity contribution in [3.8, 4) is 5.95 Å². The van der Waals surface area contributed by atoms with Gasteiger partial charge in [0.1, 0.15) is 24.1 Å². The molecule has 4 aromatic rings. The second-order valence-corrected chi connectivity index (χ2v) is 6.67. The molecule has 2 aromatic heterocycles. The highest BCUT2D eigenvalue weighted by atomic mass is 19.4. The van der Waals surface area contributed by atoms with Crippen LogP contribution in [0.5, 0.6) is 0 Å². The quantitative estimate of drug-likeness (QED) is 0.461. The summed E-state index contributed by atoms with van der Waals surface area (Å²) in [5.41, 5.74) is 1.33. The van der Waals surface area contributed by atoms with Crippen LogP contribution < -0.4 is 10.6 Å². The van der Waals surface area contributed by atoms with Gasteiger partial charge in [0.05, 0.1) is 16.6 Å². The standard InChI is InChI=1S/C21H19F3N6O/c1-25-17-11-18(26-14-9-7-13(8-10-14)21(22,23)24)29-20(28-17)30-16-6-4-3-5-15(16)27-19(30)12-31-2/h3-11H,12H2,1-2H3,(H2,25,26,28,29). The first-order valence-corrected chi connectivity index (χ1v) is 9.36. The number of aromatic nitrogens is 4. The lowest BCUT2D eigenvalue weighted by Crippen LogP contribution is -2.10. The van der Waals surface area contributed by atoms with E-state index in [9.17, 15) is 13.2 Å². The molecule has 0 fully saturated rings. The highest BCUT2D eigenvalue weighted by molar-refractivity contribution is 5.77. The molecule has 2 heterocycles. The summed E-state index contributed by atoms with van der Waals surface area (Å²) in [6.45, 7) is 0.253. The van der Waals surface area contributed by atoms with Gasteiger partial charge in [-0.05, 0) is 36.4 Å². The Bertz CT molecular complexity index is 1200. The zero-order valence-corrected chi connectivity index (χ0v) is 16.7. The molecule has 2 aromatic carbocycles. The maximum absolute atomic E-state index is 12.8. The first-order valence-electron chi connectivity index (χ1n) is 9.36. The van der Waals surface area contributed by atoms with Gasteiger partial charge in [0, 0.05) is 25.9 Å². The molecule has 4 rings (SSSR count). The molecule has 2 N–H and O–H groups in total. The Hall–Kier alpha value is -3.66. The van der Waals surface area contributed by atoms with E-state index in [0.29, 0.717) is 29.1 Å². The number of anilines is 3. The molecule has 0 spiro atoms. The van der Waals surface area contributed by atoms with E-state index in [2.05, 4.69) is 25.6 Å². The molecule has 0 unspecified atom stereocenters. The summed E-state index contributed by atoms with van der Waals surface area (Å²) < 4.78 is 45.5. The van der Waals surface area contributed by atoms with Crippen LogP contribution in [0.15, 0.2) is 54.6 Å². The molecule has 10 heteroatoms. The van der Waals surface area contributed by atoms with Crippen molar-refractivity contribution in [1.29, 1.82) is 0 Å². The van der Waals surface area contributed by atoms with Crippen LogP contribution in [0.4, 0.5) is 30.5 Å². The summed E-state index contributed by atoms with van der Waals surface area (Å²) in [7, 11) is 3.29. The first-order chi connectivity index (χ1) is 14.9. The zero-order chi connectivity index (χ0) is 22.0. The minimum absolute atomic E-state index is 0.253. The van der Waals surface area contributed by atoms with Gasteiger partial charge in [-0.2, -0.15) is 23.1 Å². The van der Waals surface area contributed by atoms with Gasteiger partial charge in [-0.3, -0.25) is 4.57 Å². The smallest absolute Gasteiger partial charge is 0.377 e. The Morgan fingerprint density at radius 1 is 0.968 bits per heavy atom. The van der Waals surface area contributed by atoms with Crippen molar-refractivity contribution in [2.45, 2.75) is 12.8 Å². The molecule has 0 radical (unpaired) electrons. The molecule has 0 saturated carbocycles. The van der Waals surface area contributed by atoms with E-state index in [1.807, 2.05) is 24.3 Å². The van der Waals surface area contributed by atoms with E-state index in [4.69, 9.17) is 4.74 Å². The lowest BCUT2D eigenvalue weighted by atomic mass is 10.2. The van der Waals surface area contributed by atoms with Gasteiger partial charge in [0.2, 0.25) is 5.95 Å². The fourth-order valence-electron chi connectivity index (χ4n) is 3.14. The number of methoxy groups -OCH3 is 1. The molecule has 0 bridgehead atoms. The number of ether oxygens (including phenoxy) is 1. The highest BCUT2D eigenvalue weighted by Gasteiger charge is 2.30. The molecule has 0 aliphatic carbocycles. The topological polar surface area (TPSA) is 76.9 Å². The number of benzene rings is 2. The Morgan fingerprint density at radius 2 is 1.68 bits per heavy atom. The van der Waals surface area contributed by atoms with Crippen LogP contribution >= 0.6 is 0 Å². The van der Waals surface area contributed by atoms with Crippen molar-refractivity contribution < 1.29 is 17.9 Å². The summed E-state index contributed by atoms with van der Waals surface area (Å²) in [4.78, 5) is 13.7. The zero-order valence-electron chi connectivity index (χ0n) is 16.7. The van der Waals surface area contributed by atoms with Crippen molar-refractivity contribution in [2.75, 3.05) is 24.8 Å². The molecule has 0 aliphatic rings. The minimum Gasteiger partial charge on any atom is -0.377 e. The van der Waals surface area contributed by atoms with Crippen molar-refractivity contribution in [3.63, 3.8) is 0 Å². The predicted octanol–water partition coefficient (Wildman–Crippen LogP) is 4.77. The van der Waals surface area contributed by atoms with Gasteiger partial charge in [0.25, 0.3) is 0 Å². The maximum Gasteiger partial charge on any atom is 0.416 e. The number of hydrogen-bond acceptors (Lipinski definition) is 6. The van der Waals surface area contributed by atoms with Crippen molar-refractivity contribution in [2.24, 2.45) is 0 Å². The average Bonchev–Trinajstić information content (AvgIpc) is 3.11. The van der Waals surface area contributed by atoms with Crippen LogP contribution in [0, 0.1) is 0 Å². The van der Waals surface area contributed by atoms with Gasteiger partial charge in [-0.15, -0.1) is 0 Å². The van der Waals surface area contributed by atoms with Gasteiger partial charge in [-0.25, -0.2) is 4.98 Å². The molecule has 31 heavy (non-hydrogen) atoms. The fourth-order valence-corrected chi connectivity index (χ4v) is 3.14. The molecular formula is C21H19F3N6O. The first kappa shape index (κ1) is 20.6. The third-order valence-electron chi connectivity index (χ3n) is 4.56. The summed E-state index contributed by atoms with van der Waals surface area (Å²) in [5.74, 6) is 1.91. The van der Waals surface area contributed by atoms with Crippen LogP contribution in [0.2, 0.25) is 0 Å². The Labute approximate surface area is 175 Å². The Morgan fingerprint density at radius 3 is 2.35 bits per heavy atom. The molecule has 0 aliphatic heterocycles. The Balaban J connectivity index is 1.75. The summed E-state index contributed by atoms with van der Waals surface area (Å²) in [6, 6.07) is 14.0. The lowest BCUT2D eigenvalue weighted by molar-refractivity contribution is -0.137. The molecule has 0 atom stereocenters. The lowest BCUT2D eigenvalue weighted by Gasteiger charge is -2.13. The number of para-hydroxylation sites is 2. The SMILES string of the molecule is CNc1cc(Nc2ccc(C(F)(F)F)cc2)nc(-n2c(COC)nc3ccccc32)n1. The number of hydrogen-bond donors (Lipinski definition) is 2. The van der Waals surface area contributed by atoms with E-state index in [1.54, 1.807) is 24.8 Å². The number of nitrogens with one attached hydrogen (secondary N) is 2. The molecule has 7 nitrogen and oxygen atoms in total. The van der Waals surface area contributed by atoms with E-state index in [0.717, 1.165) is 23.2 Å². The highest BCUT2D eigenvalue weighted by Crippen LogP contribution is 2.30. The van der Waals surface area contributed by atoms with E-state index in [1.165, 1.54) is 12.1 Å². The minimum atomic E-state index is -4.39. The van der Waals surface area contributed by atoms with Gasteiger partial charge in [0.15, 0.2) is 0 Å². The van der Waals surface area contributed by atoms with Gasteiger partial charge in [-0.1, -0.05) is 12.1 Å². The van der Waals surface area contributed by atoms with Crippen molar-refractivity contribution >= 4 is 28.4 Å². The summed E-state index contributed by atoms with van der Waals surface area (Å²) in [6.07, 6.45) is -4.39. The second-order valence-electron chi connectivity index (χ2n) is 6.67. The maximum atomic E-state index is 12.8. The number of nitrogens with zero attached hydrogens (tertiary/aromatic N) is 4. The van der Waals surface area contributed by atoms with Crippen LogP contribution in [0.25, 0.3) is 17.0 Å². The number of imidazole rings is 1. The number of fused-ring (bicyclic) bond motifs is 1. The largest absolute Gasteiger partial charge is 0.416 e. The monoisotopic (exact) mass is 428 g/mol. The van der Waals surface area contributed by atoms with Crippen molar-refractivity contribution in [3.05, 3.63) is 66.0 Å². The van der Waals surface area contributed by atoms with Gasteiger partial charge >= 0.3 is 6.18 Å². The molecule has 0 amide bonds. The Kier molecular flexibility index (Phi) is 5.47. The summed E-state index contributed by atoms with van der Waals surface area (Å²) >= 11 is 0. The van der Waals surface area contributed by atoms with Gasteiger partial charge < -0.3 is 15.4 Å². The van der Waals surface area contributed by atoms with Crippen LogP contribution in [0.1, 0.15) is 11.4 Å².